The van der Waals surface area contributed by atoms with Gasteiger partial charge in [0, 0.05) is 23.6 Å². The summed E-state index contributed by atoms with van der Waals surface area (Å²) in [5.41, 5.74) is 4.45. The number of fused-ring (bicyclic) bond motifs is 1. The zero-order valence-electron chi connectivity index (χ0n) is 10.9. The summed E-state index contributed by atoms with van der Waals surface area (Å²) < 4.78 is 5.61. The third kappa shape index (κ3) is 2.51. The molecule has 0 fully saturated rings. The second kappa shape index (κ2) is 5.42. The maximum atomic E-state index is 12.1. The van der Waals surface area contributed by atoms with Gasteiger partial charge in [0.25, 0.3) is 5.91 Å². The summed E-state index contributed by atoms with van der Waals surface area (Å²) in [5.74, 6) is 0.743. The number of hydrogen-bond acceptors (Lipinski definition) is 4. The average Bonchev–Trinajstić information content (AvgIpc) is 3.03. The fourth-order valence-electron chi connectivity index (χ4n) is 2.25. The summed E-state index contributed by atoms with van der Waals surface area (Å²) in [4.78, 5) is 16.8. The van der Waals surface area contributed by atoms with E-state index < -0.39 is 0 Å². The molecule has 20 heavy (non-hydrogen) atoms. The lowest BCUT2D eigenvalue weighted by molar-refractivity contribution is 0.0954. The van der Waals surface area contributed by atoms with Crippen molar-refractivity contribution in [2.24, 2.45) is 0 Å². The molecular formula is C14H13ClN2O2S. The van der Waals surface area contributed by atoms with Crippen molar-refractivity contribution >= 4 is 28.8 Å². The molecule has 3 rings (SSSR count). The van der Waals surface area contributed by atoms with E-state index in [2.05, 4.69) is 10.3 Å². The molecule has 0 unspecified atom stereocenters. The van der Waals surface area contributed by atoms with Crippen molar-refractivity contribution in [1.29, 1.82) is 0 Å². The first-order valence-corrected chi connectivity index (χ1v) is 7.53. The number of ether oxygens (including phenoxy) is 1. The SMILES string of the molecule is Cc1ncsc1C(=O)NCc1cc(Cl)cc2c1OCC2. The molecule has 0 spiro atoms. The molecule has 0 saturated heterocycles. The number of carbonyl (C=O) groups excluding carboxylic acids is 1. The highest BCUT2D eigenvalue weighted by atomic mass is 35.5. The van der Waals surface area contributed by atoms with Crippen LogP contribution < -0.4 is 10.1 Å². The molecule has 2 heterocycles. The molecule has 0 radical (unpaired) electrons. The first-order chi connectivity index (χ1) is 9.65. The van der Waals surface area contributed by atoms with Gasteiger partial charge >= 0.3 is 0 Å². The summed E-state index contributed by atoms with van der Waals surface area (Å²) in [5, 5.41) is 3.57. The van der Waals surface area contributed by atoms with E-state index in [4.69, 9.17) is 16.3 Å². The summed E-state index contributed by atoms with van der Waals surface area (Å²) in [6.07, 6.45) is 0.866. The number of amides is 1. The Morgan fingerprint density at radius 3 is 3.15 bits per heavy atom. The van der Waals surface area contributed by atoms with Crippen LogP contribution in [0.5, 0.6) is 5.75 Å². The van der Waals surface area contributed by atoms with E-state index in [-0.39, 0.29) is 5.91 Å². The topological polar surface area (TPSA) is 51.2 Å². The zero-order valence-corrected chi connectivity index (χ0v) is 12.5. The van der Waals surface area contributed by atoms with Gasteiger partial charge in [-0.2, -0.15) is 0 Å². The van der Waals surface area contributed by atoms with Gasteiger partial charge in [-0.05, 0) is 24.6 Å². The molecule has 1 amide bonds. The van der Waals surface area contributed by atoms with Gasteiger partial charge in [0.15, 0.2) is 0 Å². The summed E-state index contributed by atoms with van der Waals surface area (Å²) in [7, 11) is 0. The highest BCUT2D eigenvalue weighted by molar-refractivity contribution is 7.11. The summed E-state index contributed by atoms with van der Waals surface area (Å²) in [6, 6.07) is 3.76. The van der Waals surface area contributed by atoms with Crippen LogP contribution in [0.4, 0.5) is 0 Å². The number of aromatic nitrogens is 1. The Hall–Kier alpha value is -1.59. The van der Waals surface area contributed by atoms with Crippen molar-refractivity contribution < 1.29 is 9.53 Å². The maximum Gasteiger partial charge on any atom is 0.263 e. The molecule has 0 saturated carbocycles. The fraction of sp³-hybridized carbons (Fsp3) is 0.286. The van der Waals surface area contributed by atoms with Crippen LogP contribution in [0, 0.1) is 6.92 Å². The third-order valence-electron chi connectivity index (χ3n) is 3.22. The summed E-state index contributed by atoms with van der Waals surface area (Å²) in [6.45, 7) is 2.90. The zero-order chi connectivity index (χ0) is 14.1. The number of thiazole rings is 1. The number of benzene rings is 1. The molecule has 1 aliphatic rings. The van der Waals surface area contributed by atoms with Gasteiger partial charge in [0.1, 0.15) is 10.6 Å². The Morgan fingerprint density at radius 2 is 2.40 bits per heavy atom. The molecular weight excluding hydrogens is 296 g/mol. The number of rotatable bonds is 3. The van der Waals surface area contributed by atoms with Crippen LogP contribution in [-0.4, -0.2) is 17.5 Å². The number of hydrogen-bond donors (Lipinski definition) is 1. The van der Waals surface area contributed by atoms with Crippen molar-refractivity contribution in [3.63, 3.8) is 0 Å². The number of halogens is 1. The van der Waals surface area contributed by atoms with Crippen LogP contribution >= 0.6 is 22.9 Å². The van der Waals surface area contributed by atoms with Crippen molar-refractivity contribution in [3.8, 4) is 5.75 Å². The van der Waals surface area contributed by atoms with E-state index in [1.54, 1.807) is 5.51 Å². The minimum Gasteiger partial charge on any atom is -0.493 e. The first kappa shape index (κ1) is 13.4. The van der Waals surface area contributed by atoms with E-state index >= 15 is 0 Å². The minimum absolute atomic E-state index is 0.114. The fourth-order valence-corrected chi connectivity index (χ4v) is 3.24. The van der Waals surface area contributed by atoms with Crippen LogP contribution in [0.15, 0.2) is 17.6 Å². The molecule has 1 aliphatic heterocycles. The third-order valence-corrected chi connectivity index (χ3v) is 4.36. The average molecular weight is 309 g/mol. The van der Waals surface area contributed by atoms with Crippen LogP contribution in [0.1, 0.15) is 26.5 Å². The monoisotopic (exact) mass is 308 g/mol. The smallest absolute Gasteiger partial charge is 0.263 e. The predicted octanol–water partition coefficient (Wildman–Crippen LogP) is 2.97. The van der Waals surface area contributed by atoms with Gasteiger partial charge in [0.05, 0.1) is 17.8 Å². The van der Waals surface area contributed by atoms with Crippen molar-refractivity contribution in [1.82, 2.24) is 10.3 Å². The molecule has 0 aliphatic carbocycles. The lowest BCUT2D eigenvalue weighted by Crippen LogP contribution is -2.22. The van der Waals surface area contributed by atoms with Crippen LogP contribution in [0.25, 0.3) is 0 Å². The van der Waals surface area contributed by atoms with E-state index in [0.717, 1.165) is 29.0 Å². The van der Waals surface area contributed by atoms with E-state index in [1.165, 1.54) is 11.3 Å². The maximum absolute atomic E-state index is 12.1. The quantitative estimate of drug-likeness (QED) is 0.948. The predicted molar refractivity (Wildman–Crippen MR) is 78.7 cm³/mol. The van der Waals surface area contributed by atoms with Crippen molar-refractivity contribution in [2.75, 3.05) is 6.61 Å². The Bertz CT molecular complexity index is 669. The van der Waals surface area contributed by atoms with Gasteiger partial charge in [0.2, 0.25) is 0 Å². The Kier molecular flexibility index (Phi) is 3.63. The first-order valence-electron chi connectivity index (χ1n) is 6.27. The van der Waals surface area contributed by atoms with Gasteiger partial charge in [-0.3, -0.25) is 4.79 Å². The number of nitrogens with zero attached hydrogens (tertiary/aromatic N) is 1. The molecule has 4 nitrogen and oxygen atoms in total. The Morgan fingerprint density at radius 1 is 1.55 bits per heavy atom. The minimum atomic E-state index is -0.114. The van der Waals surface area contributed by atoms with Crippen molar-refractivity contribution in [3.05, 3.63) is 44.4 Å². The lowest BCUT2D eigenvalue weighted by Gasteiger charge is -2.10. The van der Waals surface area contributed by atoms with E-state index in [1.807, 2.05) is 19.1 Å². The van der Waals surface area contributed by atoms with Gasteiger partial charge in [-0.15, -0.1) is 11.3 Å². The van der Waals surface area contributed by atoms with E-state index in [0.29, 0.717) is 23.1 Å². The molecule has 1 aromatic carbocycles. The van der Waals surface area contributed by atoms with Crippen molar-refractivity contribution in [2.45, 2.75) is 19.9 Å². The van der Waals surface area contributed by atoms with E-state index in [9.17, 15) is 4.79 Å². The molecule has 0 bridgehead atoms. The lowest BCUT2D eigenvalue weighted by atomic mass is 10.1. The highest BCUT2D eigenvalue weighted by Gasteiger charge is 2.18. The van der Waals surface area contributed by atoms with Gasteiger partial charge in [-0.25, -0.2) is 4.98 Å². The molecule has 1 aromatic heterocycles. The van der Waals surface area contributed by atoms with Gasteiger partial charge < -0.3 is 10.1 Å². The van der Waals surface area contributed by atoms with Crippen LogP contribution in [-0.2, 0) is 13.0 Å². The Labute approximate surface area is 125 Å². The Balaban J connectivity index is 1.76. The largest absolute Gasteiger partial charge is 0.493 e. The molecule has 104 valence electrons. The van der Waals surface area contributed by atoms with Crippen LogP contribution in [0.2, 0.25) is 5.02 Å². The van der Waals surface area contributed by atoms with Gasteiger partial charge in [-0.1, -0.05) is 11.6 Å². The second-order valence-corrected chi connectivity index (χ2v) is 5.89. The summed E-state index contributed by atoms with van der Waals surface area (Å²) >= 11 is 7.43. The number of aryl methyl sites for hydroxylation is 1. The van der Waals surface area contributed by atoms with Crippen LogP contribution in [0.3, 0.4) is 0 Å². The molecule has 0 atom stereocenters. The molecule has 2 aromatic rings. The standard InChI is InChI=1S/C14H13ClN2O2S/c1-8-13(20-7-17-8)14(18)16-6-10-5-11(15)4-9-2-3-19-12(9)10/h4-5,7H,2-3,6H2,1H3,(H,16,18). The number of carbonyl (C=O) groups is 1. The number of nitrogens with one attached hydrogen (secondary N) is 1. The molecule has 1 N–H and O–H groups in total. The normalized spacial score (nSPS) is 12.9. The second-order valence-electron chi connectivity index (χ2n) is 4.60. The highest BCUT2D eigenvalue weighted by Crippen LogP contribution is 2.32. The molecule has 6 heteroatoms.